The van der Waals surface area contributed by atoms with E-state index in [0.29, 0.717) is 6.42 Å². The molecule has 0 unspecified atom stereocenters. The van der Waals surface area contributed by atoms with Crippen molar-refractivity contribution in [1.29, 1.82) is 0 Å². The van der Waals surface area contributed by atoms with Crippen LogP contribution in [0.4, 0.5) is 0 Å². The van der Waals surface area contributed by atoms with Crippen molar-refractivity contribution >= 4 is 17.9 Å². The molecule has 1 aliphatic rings. The second-order valence-corrected chi connectivity index (χ2v) is 5.54. The molecule has 2 aromatic carbocycles. The van der Waals surface area contributed by atoms with Crippen LogP contribution in [-0.2, 0) is 16.0 Å². The lowest BCUT2D eigenvalue weighted by Gasteiger charge is -2.25. The van der Waals surface area contributed by atoms with E-state index in [1.54, 1.807) is 25.3 Å². The third kappa shape index (κ3) is 3.63. The first-order valence-electron chi connectivity index (χ1n) is 7.67. The second kappa shape index (κ2) is 7.00. The molecule has 5 nitrogen and oxygen atoms in total. The van der Waals surface area contributed by atoms with E-state index in [1.165, 1.54) is 0 Å². The van der Waals surface area contributed by atoms with Crippen molar-refractivity contribution in [1.82, 2.24) is 10.6 Å². The minimum Gasteiger partial charge on any atom is -0.497 e. The number of benzene rings is 2. The van der Waals surface area contributed by atoms with Gasteiger partial charge in [0.1, 0.15) is 17.5 Å². The number of carbonyl (C=O) groups is 2. The maximum Gasteiger partial charge on any atom is 0.268 e. The Balaban J connectivity index is 1.71. The fourth-order valence-corrected chi connectivity index (χ4v) is 2.54. The smallest absolute Gasteiger partial charge is 0.268 e. The molecule has 2 amide bonds. The lowest BCUT2D eigenvalue weighted by Crippen LogP contribution is -2.55. The standard InChI is InChI=1S/C19H18N2O3/c1-24-15-9-7-14(8-10-15)12-17-19(23)20-16(18(22)21-17)11-13-5-3-2-4-6-13/h2-10,12,16H,11H2,1H3,(H,20,23)(H,21,22)/b17-12-/t16-/m1/s1. The lowest BCUT2D eigenvalue weighted by atomic mass is 10.0. The minimum absolute atomic E-state index is 0.210. The highest BCUT2D eigenvalue weighted by atomic mass is 16.5. The van der Waals surface area contributed by atoms with Crippen LogP contribution in [0.15, 0.2) is 60.3 Å². The average Bonchev–Trinajstić information content (AvgIpc) is 2.61. The maximum absolute atomic E-state index is 12.3. The van der Waals surface area contributed by atoms with Crippen molar-refractivity contribution in [2.75, 3.05) is 7.11 Å². The first-order chi connectivity index (χ1) is 11.7. The number of ether oxygens (including phenoxy) is 1. The molecule has 1 saturated heterocycles. The van der Waals surface area contributed by atoms with Gasteiger partial charge in [0.05, 0.1) is 7.11 Å². The van der Waals surface area contributed by atoms with Gasteiger partial charge in [0.25, 0.3) is 5.91 Å². The zero-order valence-electron chi connectivity index (χ0n) is 13.3. The SMILES string of the molecule is COc1ccc(/C=C2\NC(=O)[C@@H](Cc3ccccc3)NC2=O)cc1. The molecule has 0 radical (unpaired) electrons. The van der Waals surface area contributed by atoms with Crippen molar-refractivity contribution < 1.29 is 14.3 Å². The molecule has 1 atom stereocenters. The van der Waals surface area contributed by atoms with Gasteiger partial charge in [-0.15, -0.1) is 0 Å². The quantitative estimate of drug-likeness (QED) is 0.845. The van der Waals surface area contributed by atoms with Crippen LogP contribution in [0.3, 0.4) is 0 Å². The summed E-state index contributed by atoms with van der Waals surface area (Å²) >= 11 is 0. The molecule has 5 heteroatoms. The van der Waals surface area contributed by atoms with Crippen LogP contribution in [0.1, 0.15) is 11.1 Å². The van der Waals surface area contributed by atoms with E-state index in [-0.39, 0.29) is 17.5 Å². The Morgan fingerprint density at radius 2 is 1.75 bits per heavy atom. The zero-order valence-corrected chi connectivity index (χ0v) is 13.3. The molecule has 122 valence electrons. The number of carbonyl (C=O) groups excluding carboxylic acids is 2. The Morgan fingerprint density at radius 1 is 1.04 bits per heavy atom. The Hall–Kier alpha value is -3.08. The third-order valence-corrected chi connectivity index (χ3v) is 3.83. The summed E-state index contributed by atoms with van der Waals surface area (Å²) in [6, 6.07) is 16.3. The molecular formula is C19H18N2O3. The van der Waals surface area contributed by atoms with Gasteiger partial charge < -0.3 is 15.4 Å². The third-order valence-electron chi connectivity index (χ3n) is 3.83. The number of hydrogen-bond donors (Lipinski definition) is 2. The van der Waals surface area contributed by atoms with Gasteiger partial charge in [-0.05, 0) is 29.3 Å². The van der Waals surface area contributed by atoms with Crippen LogP contribution in [-0.4, -0.2) is 25.0 Å². The van der Waals surface area contributed by atoms with Gasteiger partial charge in [0.15, 0.2) is 0 Å². The summed E-state index contributed by atoms with van der Waals surface area (Å²) in [5.41, 5.74) is 2.05. The molecule has 2 N–H and O–H groups in total. The molecule has 3 rings (SSSR count). The predicted molar refractivity (Wildman–Crippen MR) is 91.2 cm³/mol. The van der Waals surface area contributed by atoms with Gasteiger partial charge in [-0.25, -0.2) is 0 Å². The molecule has 1 fully saturated rings. The summed E-state index contributed by atoms with van der Waals surface area (Å²) in [6.45, 7) is 0. The van der Waals surface area contributed by atoms with Gasteiger partial charge >= 0.3 is 0 Å². The van der Waals surface area contributed by atoms with Gasteiger partial charge in [-0.1, -0.05) is 42.5 Å². The number of nitrogens with one attached hydrogen (secondary N) is 2. The summed E-state index contributed by atoms with van der Waals surface area (Å²) in [5.74, 6) is 0.238. The predicted octanol–water partition coefficient (Wildman–Crippen LogP) is 1.89. The molecule has 0 saturated carbocycles. The Morgan fingerprint density at radius 3 is 2.42 bits per heavy atom. The van der Waals surface area contributed by atoms with Crippen LogP contribution in [0, 0.1) is 0 Å². The Kier molecular flexibility index (Phi) is 4.61. The largest absolute Gasteiger partial charge is 0.497 e. The first-order valence-corrected chi connectivity index (χ1v) is 7.67. The van der Waals surface area contributed by atoms with E-state index < -0.39 is 6.04 Å². The van der Waals surface area contributed by atoms with Crippen molar-refractivity contribution in [3.8, 4) is 5.75 Å². The molecule has 0 spiro atoms. The average molecular weight is 322 g/mol. The monoisotopic (exact) mass is 322 g/mol. The van der Waals surface area contributed by atoms with E-state index in [4.69, 9.17) is 4.74 Å². The number of hydrogen-bond acceptors (Lipinski definition) is 3. The summed E-state index contributed by atoms with van der Waals surface area (Å²) in [7, 11) is 1.59. The van der Waals surface area contributed by atoms with E-state index in [1.807, 2.05) is 42.5 Å². The number of piperazine rings is 1. The van der Waals surface area contributed by atoms with Crippen LogP contribution in [0.2, 0.25) is 0 Å². The van der Waals surface area contributed by atoms with Crippen molar-refractivity contribution in [3.05, 3.63) is 71.4 Å². The van der Waals surface area contributed by atoms with Crippen LogP contribution in [0.25, 0.3) is 6.08 Å². The fourth-order valence-electron chi connectivity index (χ4n) is 2.54. The Labute approximate surface area is 140 Å². The van der Waals surface area contributed by atoms with E-state index >= 15 is 0 Å². The highest BCUT2D eigenvalue weighted by Crippen LogP contribution is 2.15. The molecule has 1 heterocycles. The number of methoxy groups -OCH3 is 1. The molecule has 1 aliphatic heterocycles. The van der Waals surface area contributed by atoms with Gasteiger partial charge in [-0.2, -0.15) is 0 Å². The summed E-state index contributed by atoms with van der Waals surface area (Å²) < 4.78 is 5.10. The summed E-state index contributed by atoms with van der Waals surface area (Å²) in [4.78, 5) is 24.5. The summed E-state index contributed by atoms with van der Waals surface area (Å²) in [6.07, 6.45) is 2.11. The highest BCUT2D eigenvalue weighted by molar-refractivity contribution is 6.07. The molecule has 2 aromatic rings. The molecule has 24 heavy (non-hydrogen) atoms. The van der Waals surface area contributed by atoms with Crippen LogP contribution < -0.4 is 15.4 Å². The van der Waals surface area contributed by atoms with E-state index in [0.717, 1.165) is 16.9 Å². The van der Waals surface area contributed by atoms with Gasteiger partial charge in [0.2, 0.25) is 5.91 Å². The van der Waals surface area contributed by atoms with Crippen LogP contribution >= 0.6 is 0 Å². The van der Waals surface area contributed by atoms with E-state index in [2.05, 4.69) is 10.6 Å². The van der Waals surface area contributed by atoms with Crippen molar-refractivity contribution in [2.24, 2.45) is 0 Å². The zero-order chi connectivity index (χ0) is 16.9. The van der Waals surface area contributed by atoms with Gasteiger partial charge in [0, 0.05) is 6.42 Å². The molecule has 0 bridgehead atoms. The maximum atomic E-state index is 12.3. The van der Waals surface area contributed by atoms with Crippen molar-refractivity contribution in [2.45, 2.75) is 12.5 Å². The minimum atomic E-state index is -0.562. The highest BCUT2D eigenvalue weighted by Gasteiger charge is 2.29. The second-order valence-electron chi connectivity index (χ2n) is 5.54. The lowest BCUT2D eigenvalue weighted by molar-refractivity contribution is -0.131. The molecule has 0 aromatic heterocycles. The topological polar surface area (TPSA) is 67.4 Å². The van der Waals surface area contributed by atoms with Crippen molar-refractivity contribution in [3.63, 3.8) is 0 Å². The summed E-state index contributed by atoms with van der Waals surface area (Å²) in [5, 5.41) is 5.46. The Bertz CT molecular complexity index is 767. The van der Waals surface area contributed by atoms with Gasteiger partial charge in [-0.3, -0.25) is 9.59 Å². The fraction of sp³-hybridized carbons (Fsp3) is 0.158. The first kappa shape index (κ1) is 15.8. The van der Waals surface area contributed by atoms with E-state index in [9.17, 15) is 9.59 Å². The normalized spacial score (nSPS) is 18.9. The van der Waals surface area contributed by atoms with Crippen LogP contribution in [0.5, 0.6) is 5.75 Å². The number of amides is 2. The number of rotatable bonds is 4. The molecule has 0 aliphatic carbocycles. The molecular weight excluding hydrogens is 304 g/mol.